The zero-order valence-electron chi connectivity index (χ0n) is 10.7. The van der Waals surface area contributed by atoms with Crippen LogP contribution in [0.3, 0.4) is 0 Å². The van der Waals surface area contributed by atoms with Gasteiger partial charge in [0, 0.05) is 24.1 Å². The Labute approximate surface area is 112 Å². The quantitative estimate of drug-likeness (QED) is 0.758. The smallest absolute Gasteiger partial charge is 0.121 e. The van der Waals surface area contributed by atoms with Crippen molar-refractivity contribution < 1.29 is 4.74 Å². The maximum atomic E-state index is 5.18. The van der Waals surface area contributed by atoms with Crippen LogP contribution in [0.2, 0.25) is 0 Å². The normalized spacial score (nSPS) is 20.4. The van der Waals surface area contributed by atoms with E-state index in [1.165, 1.54) is 5.57 Å². The van der Waals surface area contributed by atoms with Gasteiger partial charge in [0.05, 0.1) is 18.8 Å². The summed E-state index contributed by atoms with van der Waals surface area (Å²) in [5.74, 6) is 0.811. The molecule has 1 atom stereocenters. The summed E-state index contributed by atoms with van der Waals surface area (Å²) in [6.45, 7) is 0. The highest BCUT2D eigenvalue weighted by Gasteiger charge is 2.17. The Morgan fingerprint density at radius 2 is 2.26 bits per heavy atom. The summed E-state index contributed by atoms with van der Waals surface area (Å²) in [4.78, 5) is 8.91. The second-order valence-electron chi connectivity index (χ2n) is 4.34. The zero-order valence-corrected chi connectivity index (χ0v) is 10.7. The van der Waals surface area contributed by atoms with Gasteiger partial charge in [-0.25, -0.2) is 0 Å². The summed E-state index contributed by atoms with van der Waals surface area (Å²) in [6.07, 6.45) is 12.0. The molecule has 3 heteroatoms. The number of methoxy groups -OCH3 is 1. The fourth-order valence-electron chi connectivity index (χ4n) is 2.11. The van der Waals surface area contributed by atoms with Crippen molar-refractivity contribution in [1.29, 1.82) is 0 Å². The Bertz CT molecular complexity index is 636. The van der Waals surface area contributed by atoms with E-state index < -0.39 is 0 Å². The molecule has 1 aromatic rings. The Hall–Kier alpha value is -2.42. The molecule has 0 spiro atoms. The first-order valence-corrected chi connectivity index (χ1v) is 6.17. The van der Waals surface area contributed by atoms with E-state index in [0.29, 0.717) is 0 Å². The number of fused-ring (bicyclic) bond motifs is 1. The lowest BCUT2D eigenvalue weighted by molar-refractivity contribution is 0.415. The fourth-order valence-corrected chi connectivity index (χ4v) is 2.11. The second-order valence-corrected chi connectivity index (χ2v) is 4.34. The van der Waals surface area contributed by atoms with Gasteiger partial charge < -0.3 is 4.74 Å². The highest BCUT2D eigenvalue weighted by Crippen LogP contribution is 2.24. The van der Waals surface area contributed by atoms with E-state index in [0.717, 1.165) is 17.0 Å². The molecule has 1 heterocycles. The minimum absolute atomic E-state index is 0.164. The van der Waals surface area contributed by atoms with Gasteiger partial charge >= 0.3 is 0 Å². The lowest BCUT2D eigenvalue weighted by Crippen LogP contribution is -2.02. The van der Waals surface area contributed by atoms with Gasteiger partial charge in [0.1, 0.15) is 5.75 Å². The molecular formula is C16H14N2O. The van der Waals surface area contributed by atoms with Gasteiger partial charge in [-0.3, -0.25) is 9.98 Å². The third-order valence-electron chi connectivity index (χ3n) is 3.11. The Kier molecular flexibility index (Phi) is 3.11. The van der Waals surface area contributed by atoms with Gasteiger partial charge in [-0.2, -0.15) is 0 Å². The standard InChI is InChI=1S/C16H14N2O/c1-19-14-6-4-5-13(9-14)17-10-12-11-18-16-8-3-2-7-15(12)16/h2-11,16H,1H3. The maximum absolute atomic E-state index is 5.18. The van der Waals surface area contributed by atoms with E-state index in [9.17, 15) is 0 Å². The van der Waals surface area contributed by atoms with Crippen molar-refractivity contribution in [3.05, 3.63) is 59.7 Å². The molecule has 2 aliphatic rings. The minimum Gasteiger partial charge on any atom is -0.497 e. The van der Waals surface area contributed by atoms with Crippen molar-refractivity contribution >= 4 is 18.1 Å². The van der Waals surface area contributed by atoms with Crippen LogP contribution < -0.4 is 4.74 Å². The van der Waals surface area contributed by atoms with Crippen LogP contribution in [-0.4, -0.2) is 25.6 Å². The molecule has 0 amide bonds. The van der Waals surface area contributed by atoms with Gasteiger partial charge in [-0.15, -0.1) is 0 Å². The molecule has 0 N–H and O–H groups in total. The van der Waals surface area contributed by atoms with Crippen LogP contribution >= 0.6 is 0 Å². The zero-order chi connectivity index (χ0) is 13.1. The first kappa shape index (κ1) is 11.7. The molecule has 1 aliphatic carbocycles. The van der Waals surface area contributed by atoms with Crippen LogP contribution in [0.15, 0.2) is 69.7 Å². The number of benzene rings is 1. The molecule has 1 aliphatic heterocycles. The highest BCUT2D eigenvalue weighted by molar-refractivity contribution is 6.08. The molecule has 0 aromatic heterocycles. The van der Waals surface area contributed by atoms with Crippen molar-refractivity contribution in [2.75, 3.05) is 7.11 Å². The molecule has 0 saturated carbocycles. The summed E-state index contributed by atoms with van der Waals surface area (Å²) in [5.41, 5.74) is 3.14. The molecule has 3 rings (SSSR count). The van der Waals surface area contributed by atoms with Crippen LogP contribution in [0.1, 0.15) is 0 Å². The summed E-state index contributed by atoms with van der Waals surface area (Å²) in [6, 6.07) is 7.85. The Morgan fingerprint density at radius 1 is 1.32 bits per heavy atom. The van der Waals surface area contributed by atoms with Gasteiger partial charge in [-0.05, 0) is 17.7 Å². The molecule has 1 unspecified atom stereocenters. The molecule has 19 heavy (non-hydrogen) atoms. The number of aliphatic imine (C=N–C) groups is 2. The summed E-state index contributed by atoms with van der Waals surface area (Å²) in [5, 5.41) is 0. The molecular weight excluding hydrogens is 236 g/mol. The van der Waals surface area contributed by atoms with E-state index in [2.05, 4.69) is 22.1 Å². The highest BCUT2D eigenvalue weighted by atomic mass is 16.5. The summed E-state index contributed by atoms with van der Waals surface area (Å²) >= 11 is 0. The van der Waals surface area contributed by atoms with Crippen LogP contribution in [-0.2, 0) is 0 Å². The number of nitrogens with zero attached hydrogens (tertiary/aromatic N) is 2. The van der Waals surface area contributed by atoms with Crippen molar-refractivity contribution in [3.8, 4) is 5.75 Å². The largest absolute Gasteiger partial charge is 0.497 e. The SMILES string of the molecule is COc1cccc(N=CC2=C3C=CC=CC3N=C2)c1. The van der Waals surface area contributed by atoms with Crippen LogP contribution in [0.25, 0.3) is 0 Å². The number of ether oxygens (including phenoxy) is 1. The minimum atomic E-state index is 0.164. The van der Waals surface area contributed by atoms with Gasteiger partial charge in [0.2, 0.25) is 0 Å². The second kappa shape index (κ2) is 5.06. The van der Waals surface area contributed by atoms with Crippen LogP contribution in [0.4, 0.5) is 5.69 Å². The Morgan fingerprint density at radius 3 is 3.16 bits per heavy atom. The average molecular weight is 250 g/mol. The van der Waals surface area contributed by atoms with Crippen molar-refractivity contribution in [2.45, 2.75) is 6.04 Å². The average Bonchev–Trinajstić information content (AvgIpc) is 2.89. The first-order chi connectivity index (χ1) is 9.36. The van der Waals surface area contributed by atoms with Gasteiger partial charge in [0.15, 0.2) is 0 Å². The van der Waals surface area contributed by atoms with Gasteiger partial charge in [-0.1, -0.05) is 30.4 Å². The van der Waals surface area contributed by atoms with Gasteiger partial charge in [0.25, 0.3) is 0 Å². The van der Waals surface area contributed by atoms with Crippen molar-refractivity contribution in [3.63, 3.8) is 0 Å². The summed E-state index contributed by atoms with van der Waals surface area (Å²) < 4.78 is 5.18. The van der Waals surface area contributed by atoms with E-state index in [4.69, 9.17) is 4.74 Å². The summed E-state index contributed by atoms with van der Waals surface area (Å²) in [7, 11) is 1.65. The van der Waals surface area contributed by atoms with Crippen molar-refractivity contribution in [2.24, 2.45) is 9.98 Å². The monoisotopic (exact) mass is 250 g/mol. The number of hydrogen-bond donors (Lipinski definition) is 0. The maximum Gasteiger partial charge on any atom is 0.121 e. The van der Waals surface area contributed by atoms with E-state index in [-0.39, 0.29) is 6.04 Å². The molecule has 0 radical (unpaired) electrons. The van der Waals surface area contributed by atoms with E-state index in [1.54, 1.807) is 7.11 Å². The van der Waals surface area contributed by atoms with Crippen LogP contribution in [0, 0.1) is 0 Å². The first-order valence-electron chi connectivity index (χ1n) is 6.17. The number of hydrogen-bond acceptors (Lipinski definition) is 3. The molecule has 0 fully saturated rings. The Balaban J connectivity index is 1.85. The van der Waals surface area contributed by atoms with Crippen molar-refractivity contribution in [1.82, 2.24) is 0 Å². The van der Waals surface area contributed by atoms with E-state index in [1.807, 2.05) is 48.8 Å². The lowest BCUT2D eigenvalue weighted by Gasteiger charge is -2.07. The molecule has 0 bridgehead atoms. The predicted molar refractivity (Wildman–Crippen MR) is 78.7 cm³/mol. The van der Waals surface area contributed by atoms with Crippen LogP contribution in [0.5, 0.6) is 5.75 Å². The molecule has 0 saturated heterocycles. The fraction of sp³-hybridized carbons (Fsp3) is 0.125. The predicted octanol–water partition coefficient (Wildman–Crippen LogP) is 3.27. The lowest BCUT2D eigenvalue weighted by atomic mass is 10.0. The van der Waals surface area contributed by atoms with E-state index >= 15 is 0 Å². The number of rotatable bonds is 3. The third-order valence-corrected chi connectivity index (χ3v) is 3.11. The third kappa shape index (κ3) is 2.40. The molecule has 94 valence electrons. The number of allylic oxidation sites excluding steroid dienone is 3. The molecule has 3 nitrogen and oxygen atoms in total. The molecule has 1 aromatic carbocycles. The topological polar surface area (TPSA) is 34.0 Å².